The molecule has 1 aromatic rings. The standard InChI is InChI=1S/C8H8ClNO/c1-5-8(9)7(6(2)11)3-4-10-5/h3-4H,1-2H3. The molecule has 1 rings (SSSR count). The second kappa shape index (κ2) is 3.01. The van der Waals surface area contributed by atoms with Crippen molar-refractivity contribution in [1.82, 2.24) is 4.98 Å². The average Bonchev–Trinajstić information content (AvgIpc) is 1.94. The Morgan fingerprint density at radius 1 is 1.64 bits per heavy atom. The van der Waals surface area contributed by atoms with Gasteiger partial charge in [-0.1, -0.05) is 11.6 Å². The second-order valence-corrected chi connectivity index (χ2v) is 2.69. The monoisotopic (exact) mass is 169 g/mol. The molecule has 0 spiro atoms. The van der Waals surface area contributed by atoms with Gasteiger partial charge in [-0.2, -0.15) is 0 Å². The number of aryl methyl sites for hydroxylation is 1. The van der Waals surface area contributed by atoms with Crippen molar-refractivity contribution in [2.45, 2.75) is 13.8 Å². The highest BCUT2D eigenvalue weighted by Crippen LogP contribution is 2.18. The van der Waals surface area contributed by atoms with Crippen molar-refractivity contribution in [3.63, 3.8) is 0 Å². The maximum Gasteiger partial charge on any atom is 0.161 e. The van der Waals surface area contributed by atoms with Gasteiger partial charge in [-0.3, -0.25) is 9.78 Å². The fourth-order valence-corrected chi connectivity index (χ4v) is 1.07. The molecule has 0 N–H and O–H groups in total. The maximum absolute atomic E-state index is 10.9. The van der Waals surface area contributed by atoms with Crippen molar-refractivity contribution >= 4 is 17.4 Å². The van der Waals surface area contributed by atoms with Crippen molar-refractivity contribution in [2.75, 3.05) is 0 Å². The van der Waals surface area contributed by atoms with E-state index in [-0.39, 0.29) is 5.78 Å². The second-order valence-electron chi connectivity index (χ2n) is 2.31. The largest absolute Gasteiger partial charge is 0.294 e. The lowest BCUT2D eigenvalue weighted by Crippen LogP contribution is -1.95. The van der Waals surface area contributed by atoms with Crippen LogP contribution < -0.4 is 0 Å². The van der Waals surface area contributed by atoms with E-state index in [9.17, 15) is 4.79 Å². The highest BCUT2D eigenvalue weighted by atomic mass is 35.5. The number of halogens is 1. The van der Waals surface area contributed by atoms with Gasteiger partial charge in [0, 0.05) is 11.8 Å². The van der Waals surface area contributed by atoms with Crippen molar-refractivity contribution in [3.05, 3.63) is 28.5 Å². The molecule has 0 bridgehead atoms. The zero-order valence-corrected chi connectivity index (χ0v) is 7.14. The molecule has 11 heavy (non-hydrogen) atoms. The number of hydrogen-bond donors (Lipinski definition) is 0. The van der Waals surface area contributed by atoms with E-state index in [0.717, 1.165) is 0 Å². The molecule has 0 aliphatic carbocycles. The molecule has 0 saturated heterocycles. The van der Waals surface area contributed by atoms with Crippen LogP contribution in [0.5, 0.6) is 0 Å². The van der Waals surface area contributed by atoms with Crippen LogP contribution in [0.2, 0.25) is 5.02 Å². The van der Waals surface area contributed by atoms with Crippen LogP contribution >= 0.6 is 11.6 Å². The summed E-state index contributed by atoms with van der Waals surface area (Å²) < 4.78 is 0. The summed E-state index contributed by atoms with van der Waals surface area (Å²) in [6.45, 7) is 3.26. The lowest BCUT2D eigenvalue weighted by Gasteiger charge is -2.00. The topological polar surface area (TPSA) is 30.0 Å². The zero-order valence-electron chi connectivity index (χ0n) is 6.39. The summed E-state index contributed by atoms with van der Waals surface area (Å²) in [5.74, 6) is -0.0273. The Kier molecular flexibility index (Phi) is 2.25. The van der Waals surface area contributed by atoms with Crippen LogP contribution in [0.25, 0.3) is 0 Å². The molecular formula is C8H8ClNO. The van der Waals surface area contributed by atoms with Crippen LogP contribution in [0.1, 0.15) is 23.0 Å². The summed E-state index contributed by atoms with van der Waals surface area (Å²) in [7, 11) is 0. The Hall–Kier alpha value is -0.890. The van der Waals surface area contributed by atoms with Gasteiger partial charge in [0.2, 0.25) is 0 Å². The van der Waals surface area contributed by atoms with Crippen LogP contribution in [-0.2, 0) is 0 Å². The van der Waals surface area contributed by atoms with Gasteiger partial charge in [-0.25, -0.2) is 0 Å². The Labute approximate surface area is 70.2 Å². The SMILES string of the molecule is CC(=O)c1ccnc(C)c1Cl. The number of hydrogen-bond acceptors (Lipinski definition) is 2. The molecule has 1 heterocycles. The van der Waals surface area contributed by atoms with E-state index in [2.05, 4.69) is 4.98 Å². The highest BCUT2D eigenvalue weighted by molar-refractivity contribution is 6.34. The van der Waals surface area contributed by atoms with Gasteiger partial charge in [0.1, 0.15) is 0 Å². The van der Waals surface area contributed by atoms with Crippen molar-refractivity contribution < 1.29 is 4.79 Å². The minimum atomic E-state index is -0.0273. The third kappa shape index (κ3) is 1.57. The van der Waals surface area contributed by atoms with Crippen LogP contribution in [0, 0.1) is 6.92 Å². The first kappa shape index (κ1) is 8.21. The van der Waals surface area contributed by atoms with Gasteiger partial charge < -0.3 is 0 Å². The van der Waals surface area contributed by atoms with E-state index in [0.29, 0.717) is 16.3 Å². The van der Waals surface area contributed by atoms with Gasteiger partial charge in [0.15, 0.2) is 5.78 Å². The molecule has 0 atom stereocenters. The van der Waals surface area contributed by atoms with Gasteiger partial charge in [-0.05, 0) is 19.9 Å². The number of aromatic nitrogens is 1. The minimum absolute atomic E-state index is 0.0273. The molecule has 0 unspecified atom stereocenters. The molecule has 0 aliphatic heterocycles. The van der Waals surface area contributed by atoms with Gasteiger partial charge >= 0.3 is 0 Å². The Bertz CT molecular complexity index is 296. The Balaban J connectivity index is 3.27. The first-order valence-electron chi connectivity index (χ1n) is 3.25. The fraction of sp³-hybridized carbons (Fsp3) is 0.250. The Morgan fingerprint density at radius 2 is 2.27 bits per heavy atom. The average molecular weight is 170 g/mol. The summed E-state index contributed by atoms with van der Waals surface area (Å²) in [6, 6.07) is 1.62. The predicted molar refractivity (Wildman–Crippen MR) is 44.0 cm³/mol. The number of pyridine rings is 1. The minimum Gasteiger partial charge on any atom is -0.294 e. The highest BCUT2D eigenvalue weighted by Gasteiger charge is 2.06. The number of rotatable bonds is 1. The van der Waals surface area contributed by atoms with E-state index in [4.69, 9.17) is 11.6 Å². The zero-order chi connectivity index (χ0) is 8.43. The van der Waals surface area contributed by atoms with Crippen LogP contribution in [0.4, 0.5) is 0 Å². The first-order valence-corrected chi connectivity index (χ1v) is 3.62. The first-order chi connectivity index (χ1) is 5.13. The molecule has 1 aromatic heterocycles. The molecule has 0 fully saturated rings. The van der Waals surface area contributed by atoms with Crippen molar-refractivity contribution in [1.29, 1.82) is 0 Å². The summed E-state index contributed by atoms with van der Waals surface area (Å²) in [6.07, 6.45) is 1.58. The van der Waals surface area contributed by atoms with E-state index < -0.39 is 0 Å². The van der Waals surface area contributed by atoms with E-state index in [1.54, 1.807) is 19.2 Å². The number of carbonyl (C=O) groups excluding carboxylic acids is 1. The fourth-order valence-electron chi connectivity index (χ4n) is 0.820. The van der Waals surface area contributed by atoms with Gasteiger partial charge in [0.25, 0.3) is 0 Å². The van der Waals surface area contributed by atoms with E-state index in [1.807, 2.05) is 0 Å². The third-order valence-corrected chi connectivity index (χ3v) is 1.92. The molecule has 0 saturated carbocycles. The summed E-state index contributed by atoms with van der Waals surface area (Å²) in [5.41, 5.74) is 1.23. The lowest BCUT2D eigenvalue weighted by atomic mass is 10.2. The molecule has 0 aromatic carbocycles. The van der Waals surface area contributed by atoms with E-state index in [1.165, 1.54) is 6.92 Å². The number of Topliss-reactive ketones (excluding diaryl/α,β-unsaturated/α-hetero) is 1. The molecular weight excluding hydrogens is 162 g/mol. The van der Waals surface area contributed by atoms with Gasteiger partial charge in [-0.15, -0.1) is 0 Å². The number of carbonyl (C=O) groups is 1. The van der Waals surface area contributed by atoms with Crippen LogP contribution in [0.3, 0.4) is 0 Å². The maximum atomic E-state index is 10.9. The number of ketones is 1. The predicted octanol–water partition coefficient (Wildman–Crippen LogP) is 2.25. The van der Waals surface area contributed by atoms with Crippen molar-refractivity contribution in [2.24, 2.45) is 0 Å². The van der Waals surface area contributed by atoms with E-state index >= 15 is 0 Å². The normalized spacial score (nSPS) is 9.73. The summed E-state index contributed by atoms with van der Waals surface area (Å²) >= 11 is 5.80. The molecule has 0 aliphatic rings. The Morgan fingerprint density at radius 3 is 2.73 bits per heavy atom. The summed E-state index contributed by atoms with van der Waals surface area (Å²) in [4.78, 5) is 14.8. The number of nitrogens with zero attached hydrogens (tertiary/aromatic N) is 1. The molecule has 3 heteroatoms. The van der Waals surface area contributed by atoms with Crippen LogP contribution in [-0.4, -0.2) is 10.8 Å². The molecule has 0 amide bonds. The third-order valence-electron chi connectivity index (χ3n) is 1.44. The van der Waals surface area contributed by atoms with Crippen LogP contribution in [0.15, 0.2) is 12.3 Å². The lowest BCUT2D eigenvalue weighted by molar-refractivity contribution is 0.101. The van der Waals surface area contributed by atoms with Crippen molar-refractivity contribution in [3.8, 4) is 0 Å². The molecule has 2 nitrogen and oxygen atoms in total. The van der Waals surface area contributed by atoms with Gasteiger partial charge in [0.05, 0.1) is 10.7 Å². The smallest absolute Gasteiger partial charge is 0.161 e. The summed E-state index contributed by atoms with van der Waals surface area (Å²) in [5, 5.41) is 0.458. The molecule has 58 valence electrons. The molecule has 0 radical (unpaired) electrons. The quantitative estimate of drug-likeness (QED) is 0.604.